The number of amides is 1. The zero-order valence-corrected chi connectivity index (χ0v) is 14.5. The van der Waals surface area contributed by atoms with Crippen LogP contribution in [0, 0.1) is 0 Å². The molecule has 1 aromatic carbocycles. The van der Waals surface area contributed by atoms with E-state index in [9.17, 15) is 14.7 Å². The maximum atomic E-state index is 12.6. The van der Waals surface area contributed by atoms with Gasteiger partial charge >= 0.3 is 0 Å². The molecule has 1 atom stereocenters. The fourth-order valence-corrected chi connectivity index (χ4v) is 3.30. The molecule has 1 unspecified atom stereocenters. The molecule has 0 bridgehead atoms. The minimum absolute atomic E-state index is 0.115. The summed E-state index contributed by atoms with van der Waals surface area (Å²) in [4.78, 5) is 27.7. The first-order valence-corrected chi connectivity index (χ1v) is 8.88. The topological polar surface area (TPSA) is 82.2 Å². The minimum atomic E-state index is -0.533. The Morgan fingerprint density at radius 3 is 2.64 bits per heavy atom. The number of hydrogen-bond acceptors (Lipinski definition) is 3. The number of aryl methyl sites for hydroxylation is 3. The summed E-state index contributed by atoms with van der Waals surface area (Å²) in [5, 5.41) is 12.4. The summed E-state index contributed by atoms with van der Waals surface area (Å²) in [5.74, 6) is -0.451. The van der Waals surface area contributed by atoms with E-state index < -0.39 is 11.9 Å². The van der Waals surface area contributed by atoms with E-state index in [1.807, 2.05) is 24.3 Å². The molecule has 5 nitrogen and oxygen atoms in total. The molecular formula is C20H24N2O3. The third-order valence-electron chi connectivity index (χ3n) is 4.86. The maximum absolute atomic E-state index is 12.6. The third kappa shape index (κ3) is 3.82. The second kappa shape index (κ2) is 7.66. The number of aliphatic hydroxyl groups excluding tert-OH is 1. The molecule has 0 spiro atoms. The second-order valence-electron chi connectivity index (χ2n) is 6.53. The highest BCUT2D eigenvalue weighted by molar-refractivity contribution is 5.94. The number of carbonyl (C=O) groups is 1. The lowest BCUT2D eigenvalue weighted by molar-refractivity contribution is 0.0914. The molecule has 0 radical (unpaired) electrons. The van der Waals surface area contributed by atoms with Crippen LogP contribution in [0.2, 0.25) is 0 Å². The van der Waals surface area contributed by atoms with Gasteiger partial charge in [0, 0.05) is 5.69 Å². The monoisotopic (exact) mass is 340 g/mol. The molecule has 0 fully saturated rings. The molecule has 132 valence electrons. The Labute approximate surface area is 147 Å². The molecular weight excluding hydrogens is 316 g/mol. The first-order chi connectivity index (χ1) is 12.1. The average Bonchev–Trinajstić information content (AvgIpc) is 2.65. The van der Waals surface area contributed by atoms with Gasteiger partial charge in [-0.3, -0.25) is 9.59 Å². The van der Waals surface area contributed by atoms with E-state index in [1.54, 1.807) is 6.07 Å². The van der Waals surface area contributed by atoms with Crippen molar-refractivity contribution in [3.05, 3.63) is 68.6 Å². The van der Waals surface area contributed by atoms with Crippen LogP contribution in [0.1, 0.15) is 58.5 Å². The van der Waals surface area contributed by atoms with Crippen molar-refractivity contribution in [2.45, 2.75) is 45.1 Å². The van der Waals surface area contributed by atoms with E-state index in [1.165, 1.54) is 5.56 Å². The SMILES string of the molecule is CCc1ccc(C(CO)NC(=O)c2cc3c([nH]c2=O)CCCC3)cc1. The van der Waals surface area contributed by atoms with Crippen molar-refractivity contribution in [2.24, 2.45) is 0 Å². The molecule has 3 N–H and O–H groups in total. The Kier molecular flexibility index (Phi) is 5.34. The molecule has 0 saturated heterocycles. The van der Waals surface area contributed by atoms with Crippen LogP contribution in [0.15, 0.2) is 35.1 Å². The van der Waals surface area contributed by atoms with Gasteiger partial charge in [-0.05, 0) is 54.9 Å². The van der Waals surface area contributed by atoms with Crippen LogP contribution in [0.25, 0.3) is 0 Å². The van der Waals surface area contributed by atoms with Crippen LogP contribution in [0.5, 0.6) is 0 Å². The summed E-state index contributed by atoms with van der Waals surface area (Å²) in [6.45, 7) is 1.85. The molecule has 3 rings (SSSR count). The van der Waals surface area contributed by atoms with E-state index in [2.05, 4.69) is 17.2 Å². The standard InChI is InChI=1S/C20H24N2O3/c1-2-13-7-9-14(10-8-13)18(12-23)22-20(25)16-11-15-5-3-4-6-17(15)21-19(16)24/h7-11,18,23H,2-6,12H2,1H3,(H,21,24)(H,22,25). The van der Waals surface area contributed by atoms with E-state index in [0.29, 0.717) is 0 Å². The third-order valence-corrected chi connectivity index (χ3v) is 4.86. The van der Waals surface area contributed by atoms with E-state index in [0.717, 1.165) is 48.9 Å². The molecule has 2 aromatic rings. The van der Waals surface area contributed by atoms with Crippen molar-refractivity contribution in [1.29, 1.82) is 0 Å². The first kappa shape index (κ1) is 17.4. The van der Waals surface area contributed by atoms with Crippen molar-refractivity contribution in [3.63, 3.8) is 0 Å². The normalized spacial score (nSPS) is 14.6. The Bertz CT molecular complexity index is 809. The quantitative estimate of drug-likeness (QED) is 0.781. The van der Waals surface area contributed by atoms with Crippen LogP contribution < -0.4 is 10.9 Å². The smallest absolute Gasteiger partial charge is 0.261 e. The van der Waals surface area contributed by atoms with Crippen LogP contribution in [-0.4, -0.2) is 22.6 Å². The fraction of sp³-hybridized carbons (Fsp3) is 0.400. The van der Waals surface area contributed by atoms with Gasteiger partial charge in [0.2, 0.25) is 0 Å². The summed E-state index contributed by atoms with van der Waals surface area (Å²) in [5.41, 5.74) is 3.76. The predicted octanol–water partition coefficient (Wildman–Crippen LogP) is 2.28. The number of aromatic amines is 1. The highest BCUT2D eigenvalue weighted by Crippen LogP contribution is 2.19. The lowest BCUT2D eigenvalue weighted by Gasteiger charge is -2.19. The second-order valence-corrected chi connectivity index (χ2v) is 6.53. The van der Waals surface area contributed by atoms with Gasteiger partial charge in [-0.15, -0.1) is 0 Å². The van der Waals surface area contributed by atoms with Crippen molar-refractivity contribution >= 4 is 5.91 Å². The molecule has 1 heterocycles. The van der Waals surface area contributed by atoms with Crippen molar-refractivity contribution < 1.29 is 9.90 Å². The lowest BCUT2D eigenvalue weighted by atomic mass is 9.95. The van der Waals surface area contributed by atoms with Gasteiger partial charge in [-0.25, -0.2) is 0 Å². The lowest BCUT2D eigenvalue weighted by Crippen LogP contribution is -2.35. The number of hydrogen-bond donors (Lipinski definition) is 3. The highest BCUT2D eigenvalue weighted by atomic mass is 16.3. The Balaban J connectivity index is 1.81. The Morgan fingerprint density at radius 1 is 1.24 bits per heavy atom. The van der Waals surface area contributed by atoms with Gasteiger partial charge in [0.05, 0.1) is 12.6 Å². The molecule has 1 aliphatic rings. The highest BCUT2D eigenvalue weighted by Gasteiger charge is 2.20. The molecule has 0 aliphatic heterocycles. The zero-order valence-electron chi connectivity index (χ0n) is 14.5. The fourth-order valence-electron chi connectivity index (χ4n) is 3.30. The maximum Gasteiger partial charge on any atom is 0.261 e. The van der Waals surface area contributed by atoms with Gasteiger partial charge in [-0.2, -0.15) is 0 Å². The number of benzene rings is 1. The zero-order chi connectivity index (χ0) is 17.8. The number of fused-ring (bicyclic) bond motifs is 1. The summed E-state index contributed by atoms with van der Waals surface area (Å²) in [6.07, 6.45) is 4.81. The molecule has 1 aromatic heterocycles. The van der Waals surface area contributed by atoms with Crippen LogP contribution >= 0.6 is 0 Å². The number of aromatic nitrogens is 1. The summed E-state index contributed by atoms with van der Waals surface area (Å²) in [7, 11) is 0. The average molecular weight is 340 g/mol. The number of pyridine rings is 1. The molecule has 1 aliphatic carbocycles. The van der Waals surface area contributed by atoms with Gasteiger partial charge < -0.3 is 15.4 Å². The summed E-state index contributed by atoms with van der Waals surface area (Å²) in [6, 6.07) is 8.94. The van der Waals surface area contributed by atoms with Gasteiger partial charge in [0.15, 0.2) is 0 Å². The molecule has 1 amide bonds. The largest absolute Gasteiger partial charge is 0.394 e. The van der Waals surface area contributed by atoms with E-state index in [4.69, 9.17) is 0 Å². The molecule has 25 heavy (non-hydrogen) atoms. The Morgan fingerprint density at radius 2 is 1.96 bits per heavy atom. The van der Waals surface area contributed by atoms with Gasteiger partial charge in [0.1, 0.15) is 5.56 Å². The van der Waals surface area contributed by atoms with Crippen molar-refractivity contribution in [1.82, 2.24) is 10.3 Å². The Hall–Kier alpha value is -2.40. The number of H-pyrrole nitrogens is 1. The van der Waals surface area contributed by atoms with Gasteiger partial charge in [0.25, 0.3) is 11.5 Å². The number of nitrogens with one attached hydrogen (secondary N) is 2. The number of rotatable bonds is 5. The van der Waals surface area contributed by atoms with Gasteiger partial charge in [-0.1, -0.05) is 31.2 Å². The van der Waals surface area contributed by atoms with E-state index >= 15 is 0 Å². The first-order valence-electron chi connectivity index (χ1n) is 8.88. The summed E-state index contributed by atoms with van der Waals surface area (Å²) < 4.78 is 0. The van der Waals surface area contributed by atoms with Crippen LogP contribution in [0.3, 0.4) is 0 Å². The predicted molar refractivity (Wildman–Crippen MR) is 96.8 cm³/mol. The van der Waals surface area contributed by atoms with E-state index in [-0.39, 0.29) is 17.7 Å². The minimum Gasteiger partial charge on any atom is -0.394 e. The number of aliphatic hydroxyl groups is 1. The molecule has 5 heteroatoms. The number of carbonyl (C=O) groups excluding carboxylic acids is 1. The molecule has 0 saturated carbocycles. The van der Waals surface area contributed by atoms with Crippen molar-refractivity contribution in [3.8, 4) is 0 Å². The summed E-state index contributed by atoms with van der Waals surface area (Å²) >= 11 is 0. The van der Waals surface area contributed by atoms with Crippen LogP contribution in [0.4, 0.5) is 0 Å². The van der Waals surface area contributed by atoms with Crippen LogP contribution in [-0.2, 0) is 19.3 Å². The van der Waals surface area contributed by atoms with Crippen molar-refractivity contribution in [2.75, 3.05) is 6.61 Å².